The van der Waals surface area contributed by atoms with Crippen molar-refractivity contribution in [3.63, 3.8) is 0 Å². The van der Waals surface area contributed by atoms with Gasteiger partial charge in [0.2, 0.25) is 0 Å². The second-order valence-corrected chi connectivity index (χ2v) is 14.4. The van der Waals surface area contributed by atoms with Crippen molar-refractivity contribution in [2.45, 2.75) is 135 Å². The molecule has 3 atom stereocenters. The molecule has 0 bridgehead atoms. The molecule has 0 heterocycles. The van der Waals surface area contributed by atoms with Gasteiger partial charge >= 0.3 is 19.8 Å². The smallest absolute Gasteiger partial charge is 0.462 e. The average Bonchev–Trinajstić information content (AvgIpc) is 3.18. The van der Waals surface area contributed by atoms with Crippen LogP contribution < -0.4 is 5.73 Å². The van der Waals surface area contributed by atoms with Gasteiger partial charge in [0, 0.05) is 19.4 Å². The van der Waals surface area contributed by atoms with E-state index in [1.54, 1.807) is 6.08 Å². The van der Waals surface area contributed by atoms with Crippen molar-refractivity contribution in [1.82, 2.24) is 0 Å². The molecule has 1 unspecified atom stereocenters. The molecule has 0 saturated heterocycles. The second-order valence-electron chi connectivity index (χ2n) is 13.0. The highest BCUT2D eigenvalue weighted by Crippen LogP contribution is 2.43. The summed E-state index contributed by atoms with van der Waals surface area (Å²) in [5.74, 6) is -0.996. The Morgan fingerprint density at radius 1 is 0.625 bits per heavy atom. The van der Waals surface area contributed by atoms with Gasteiger partial charge in [0.1, 0.15) is 6.61 Å². The van der Waals surface area contributed by atoms with Crippen molar-refractivity contribution < 1.29 is 42.7 Å². The van der Waals surface area contributed by atoms with Crippen molar-refractivity contribution in [3.8, 4) is 0 Å². The quantitative estimate of drug-likeness (QED) is 0.0183. The Kier molecular flexibility index (Phi) is 37.5. The number of unbranched alkanes of at least 4 members (excludes halogenated alkanes) is 5. The van der Waals surface area contributed by atoms with Crippen LogP contribution >= 0.6 is 7.82 Å². The molecular formula is C45H72NO9P. The topological polar surface area (TPSA) is 155 Å². The van der Waals surface area contributed by atoms with Gasteiger partial charge in [-0.1, -0.05) is 136 Å². The minimum absolute atomic E-state index is 0.0251. The Morgan fingerprint density at radius 3 is 1.61 bits per heavy atom. The Bertz CT molecular complexity index is 1300. The monoisotopic (exact) mass is 801 g/mol. The Hall–Kier alpha value is -3.37. The number of esters is 2. The lowest BCUT2D eigenvalue weighted by Gasteiger charge is -2.19. The Morgan fingerprint density at radius 2 is 1.11 bits per heavy atom. The second kappa shape index (κ2) is 39.8. The van der Waals surface area contributed by atoms with E-state index in [1.165, 1.54) is 19.3 Å². The minimum Gasteiger partial charge on any atom is -0.462 e. The molecule has 56 heavy (non-hydrogen) atoms. The van der Waals surface area contributed by atoms with Crippen LogP contribution in [-0.2, 0) is 32.7 Å². The SMILES string of the molecule is CCCCC/C=C\C/C=C\C/C=C\C/C=C\CCCC(=O)O[C@H](COC(=O)CCC/C=C\C/C=C\C/C=C\C/C=C\C=C\[C@@H](O)CC)COP(=O)(O)OCCN. The molecule has 0 amide bonds. The van der Waals surface area contributed by atoms with Gasteiger partial charge in [0.15, 0.2) is 6.10 Å². The number of nitrogens with two attached hydrogens (primary N) is 1. The summed E-state index contributed by atoms with van der Waals surface area (Å²) in [5, 5.41) is 9.46. The van der Waals surface area contributed by atoms with E-state index in [-0.39, 0.29) is 38.7 Å². The number of aliphatic hydroxyl groups excluding tert-OH is 1. The maximum atomic E-state index is 12.5. The summed E-state index contributed by atoms with van der Waals surface area (Å²) in [7, 11) is -4.42. The third-order valence-corrected chi connectivity index (χ3v) is 8.78. The molecule has 11 heteroatoms. The lowest BCUT2D eigenvalue weighted by atomic mass is 10.2. The number of hydrogen-bond acceptors (Lipinski definition) is 9. The molecule has 0 aromatic heterocycles. The molecule has 0 fully saturated rings. The number of rotatable bonds is 36. The highest BCUT2D eigenvalue weighted by molar-refractivity contribution is 7.47. The summed E-state index contributed by atoms with van der Waals surface area (Å²) in [6.45, 7) is 3.19. The summed E-state index contributed by atoms with van der Waals surface area (Å²) < 4.78 is 32.6. The highest BCUT2D eigenvalue weighted by Gasteiger charge is 2.25. The molecule has 0 rings (SSSR count). The summed E-state index contributed by atoms with van der Waals surface area (Å²) in [4.78, 5) is 34.8. The number of allylic oxidation sites excluding steroid dienone is 17. The largest absolute Gasteiger partial charge is 0.472 e. The predicted octanol–water partition coefficient (Wildman–Crippen LogP) is 10.6. The first-order chi connectivity index (χ1) is 27.2. The molecule has 0 radical (unpaired) electrons. The zero-order chi connectivity index (χ0) is 41.2. The minimum atomic E-state index is -4.42. The van der Waals surface area contributed by atoms with Gasteiger partial charge in [0.05, 0.1) is 19.3 Å². The van der Waals surface area contributed by atoms with Crippen molar-refractivity contribution in [2.24, 2.45) is 5.73 Å². The van der Waals surface area contributed by atoms with E-state index in [9.17, 15) is 24.2 Å². The fraction of sp³-hybridized carbons (Fsp3) is 0.556. The van der Waals surface area contributed by atoms with Crippen molar-refractivity contribution >= 4 is 19.8 Å². The number of phosphoric acid groups is 1. The zero-order valence-corrected chi connectivity index (χ0v) is 35.1. The lowest BCUT2D eigenvalue weighted by Crippen LogP contribution is -2.29. The van der Waals surface area contributed by atoms with E-state index in [0.717, 1.165) is 44.9 Å². The van der Waals surface area contributed by atoms with Crippen LogP contribution in [0, 0.1) is 0 Å². The summed E-state index contributed by atoms with van der Waals surface area (Å²) >= 11 is 0. The molecule has 10 nitrogen and oxygen atoms in total. The third-order valence-electron chi connectivity index (χ3n) is 7.80. The van der Waals surface area contributed by atoms with Crippen LogP contribution in [0.5, 0.6) is 0 Å². The third kappa shape index (κ3) is 38.9. The lowest BCUT2D eigenvalue weighted by molar-refractivity contribution is -0.161. The molecule has 0 aliphatic heterocycles. The zero-order valence-electron chi connectivity index (χ0n) is 34.2. The van der Waals surface area contributed by atoms with Gasteiger partial charge in [-0.3, -0.25) is 18.6 Å². The fourth-order valence-corrected chi connectivity index (χ4v) is 5.38. The van der Waals surface area contributed by atoms with Crippen LogP contribution in [-0.4, -0.2) is 60.5 Å². The van der Waals surface area contributed by atoms with Gasteiger partial charge in [0.25, 0.3) is 0 Å². The van der Waals surface area contributed by atoms with Crippen molar-refractivity contribution in [2.75, 3.05) is 26.4 Å². The van der Waals surface area contributed by atoms with Crippen LogP contribution in [0.2, 0.25) is 0 Å². The summed E-state index contributed by atoms with van der Waals surface area (Å²) in [6, 6.07) is 0. The van der Waals surface area contributed by atoms with Crippen LogP contribution in [0.4, 0.5) is 0 Å². The van der Waals surface area contributed by atoms with E-state index in [1.807, 2.05) is 43.4 Å². The summed E-state index contributed by atoms with van der Waals surface area (Å²) in [5.41, 5.74) is 5.33. The Balaban J connectivity index is 4.43. The first-order valence-corrected chi connectivity index (χ1v) is 22.0. The van der Waals surface area contributed by atoms with E-state index in [0.29, 0.717) is 32.1 Å². The first kappa shape index (κ1) is 52.6. The van der Waals surface area contributed by atoms with Crippen molar-refractivity contribution in [1.29, 1.82) is 0 Å². The van der Waals surface area contributed by atoms with Crippen LogP contribution in [0.1, 0.15) is 123 Å². The van der Waals surface area contributed by atoms with E-state index >= 15 is 0 Å². The normalized spacial score (nSPS) is 15.0. The first-order valence-electron chi connectivity index (χ1n) is 20.5. The molecule has 316 valence electrons. The van der Waals surface area contributed by atoms with Gasteiger partial charge in [-0.05, 0) is 83.5 Å². The maximum Gasteiger partial charge on any atom is 0.472 e. The number of phosphoric ester groups is 1. The Labute approximate surface area is 338 Å². The van der Waals surface area contributed by atoms with E-state index in [4.69, 9.17) is 24.3 Å². The van der Waals surface area contributed by atoms with Crippen LogP contribution in [0.25, 0.3) is 0 Å². The number of carbonyl (C=O) groups excluding carboxylic acids is 2. The standard InChI is InChI=1S/C45H72NO9P/c1-3-5-6-7-8-9-10-11-12-13-14-19-22-25-28-31-34-37-45(49)55-43(41-54-56(50,51)53-39-38-46)40-52-44(48)36-33-30-27-24-21-18-16-15-17-20-23-26-29-32-35-42(47)4-2/h8-9,11-12,14,16-20,24-29,32,35,42-43,47H,3-7,10,13,15,21-23,30-31,33-34,36-41,46H2,1-2H3,(H,50,51)/b9-8-,12-11-,18-16-,19-14-,20-17-,27-24-,28-25-,29-26-,35-32+/t42-,43+/m0/s1. The maximum absolute atomic E-state index is 12.5. The predicted molar refractivity (Wildman–Crippen MR) is 230 cm³/mol. The highest BCUT2D eigenvalue weighted by atomic mass is 31.2. The molecule has 0 aliphatic rings. The van der Waals surface area contributed by atoms with Gasteiger partial charge in [-0.25, -0.2) is 4.57 Å². The molecule has 4 N–H and O–H groups in total. The molecule has 0 aromatic rings. The van der Waals surface area contributed by atoms with Crippen LogP contribution in [0.3, 0.4) is 0 Å². The molecule has 0 aromatic carbocycles. The number of aliphatic hydroxyl groups is 1. The molecule has 0 saturated carbocycles. The van der Waals surface area contributed by atoms with E-state index < -0.39 is 32.5 Å². The average molecular weight is 802 g/mol. The number of hydrogen-bond donors (Lipinski definition) is 3. The van der Waals surface area contributed by atoms with Gasteiger partial charge in [-0.2, -0.15) is 0 Å². The number of ether oxygens (including phenoxy) is 2. The van der Waals surface area contributed by atoms with Crippen molar-refractivity contribution in [3.05, 3.63) is 109 Å². The molecular weight excluding hydrogens is 729 g/mol. The van der Waals surface area contributed by atoms with Crippen LogP contribution in [0.15, 0.2) is 109 Å². The fourth-order valence-electron chi connectivity index (χ4n) is 4.61. The number of carbonyl (C=O) groups is 2. The molecule has 0 spiro atoms. The summed E-state index contributed by atoms with van der Waals surface area (Å²) in [6.07, 6.45) is 49.4. The van der Waals surface area contributed by atoms with Gasteiger partial charge < -0.3 is 25.2 Å². The van der Waals surface area contributed by atoms with Gasteiger partial charge in [-0.15, -0.1) is 0 Å². The van der Waals surface area contributed by atoms with E-state index in [2.05, 4.69) is 73.8 Å². The molecule has 0 aliphatic carbocycles.